The number of benzene rings is 2. The second-order valence-electron chi connectivity index (χ2n) is 6.41. The van der Waals surface area contributed by atoms with E-state index in [1.54, 1.807) is 24.3 Å². The van der Waals surface area contributed by atoms with Gasteiger partial charge in [0.15, 0.2) is 18.1 Å². The number of nitrogens with one attached hydrogen (secondary N) is 1. The Balaban J connectivity index is 1.87. The van der Waals surface area contributed by atoms with Crippen LogP contribution in [-0.4, -0.2) is 32.7 Å². The van der Waals surface area contributed by atoms with Gasteiger partial charge in [0, 0.05) is 11.6 Å². The van der Waals surface area contributed by atoms with Crippen LogP contribution in [0.2, 0.25) is 0 Å². The van der Waals surface area contributed by atoms with Crippen molar-refractivity contribution < 1.29 is 23.8 Å². The quantitative estimate of drug-likeness (QED) is 0.516. The van der Waals surface area contributed by atoms with Crippen LogP contribution in [0.1, 0.15) is 36.6 Å². The van der Waals surface area contributed by atoms with Gasteiger partial charge < -0.3 is 19.5 Å². The Bertz CT molecular complexity index is 858. The average Bonchev–Trinajstić information content (AvgIpc) is 2.75. The molecule has 0 aliphatic heterocycles. The number of aryl methyl sites for hydroxylation is 1. The lowest BCUT2D eigenvalue weighted by atomic mass is 10.1. The molecule has 0 aliphatic rings. The summed E-state index contributed by atoms with van der Waals surface area (Å²) in [6, 6.07) is 13.2. The van der Waals surface area contributed by atoms with Gasteiger partial charge in [0.2, 0.25) is 0 Å². The van der Waals surface area contributed by atoms with Crippen LogP contribution in [0.3, 0.4) is 0 Å². The summed E-state index contributed by atoms with van der Waals surface area (Å²) in [5.74, 6) is 0.0887. The summed E-state index contributed by atoms with van der Waals surface area (Å²) in [6.07, 6.45) is 3.77. The summed E-state index contributed by atoms with van der Waals surface area (Å²) in [4.78, 5) is 24.0. The van der Waals surface area contributed by atoms with E-state index in [0.717, 1.165) is 12.0 Å². The van der Waals surface area contributed by atoms with E-state index in [0.29, 0.717) is 17.1 Å². The average molecular weight is 397 g/mol. The first kappa shape index (κ1) is 22.0. The fraction of sp³-hybridized carbons (Fsp3) is 0.304. The van der Waals surface area contributed by atoms with Crippen molar-refractivity contribution in [3.8, 4) is 11.5 Å². The van der Waals surface area contributed by atoms with Gasteiger partial charge in [0.05, 0.1) is 20.3 Å². The zero-order valence-electron chi connectivity index (χ0n) is 17.2. The van der Waals surface area contributed by atoms with Crippen LogP contribution in [0, 0.1) is 0 Å². The second kappa shape index (κ2) is 10.9. The maximum Gasteiger partial charge on any atom is 0.331 e. The Morgan fingerprint density at radius 1 is 1.07 bits per heavy atom. The van der Waals surface area contributed by atoms with Crippen molar-refractivity contribution in [1.29, 1.82) is 0 Å². The summed E-state index contributed by atoms with van der Waals surface area (Å²) < 4.78 is 15.5. The molecule has 0 saturated carbocycles. The first-order chi connectivity index (χ1) is 14.0. The molecule has 1 atom stereocenters. The molecule has 2 rings (SSSR count). The van der Waals surface area contributed by atoms with Crippen LogP contribution in [0.5, 0.6) is 11.5 Å². The topological polar surface area (TPSA) is 73.9 Å². The Morgan fingerprint density at radius 2 is 1.79 bits per heavy atom. The number of esters is 1. The normalized spacial score (nSPS) is 11.7. The molecule has 0 fully saturated rings. The van der Waals surface area contributed by atoms with Crippen molar-refractivity contribution in [1.82, 2.24) is 5.32 Å². The maximum atomic E-state index is 12.1. The highest BCUT2D eigenvalue weighted by Gasteiger charge is 2.12. The number of methoxy groups -OCH3 is 2. The lowest BCUT2D eigenvalue weighted by Crippen LogP contribution is -2.30. The molecule has 1 amide bonds. The molecule has 6 heteroatoms. The molecule has 0 heterocycles. The molecule has 0 spiro atoms. The van der Waals surface area contributed by atoms with Gasteiger partial charge in [-0.15, -0.1) is 0 Å². The zero-order chi connectivity index (χ0) is 21.2. The number of amides is 1. The Hall–Kier alpha value is -3.28. The van der Waals surface area contributed by atoms with E-state index < -0.39 is 5.97 Å². The van der Waals surface area contributed by atoms with Crippen molar-refractivity contribution in [2.45, 2.75) is 26.3 Å². The molecule has 0 saturated heterocycles. The Kier molecular flexibility index (Phi) is 8.27. The van der Waals surface area contributed by atoms with Crippen molar-refractivity contribution in [2.75, 3.05) is 20.8 Å². The molecule has 0 radical (unpaired) electrons. The predicted octanol–water partition coefficient (Wildman–Crippen LogP) is 3.70. The van der Waals surface area contributed by atoms with E-state index in [-0.39, 0.29) is 18.6 Å². The van der Waals surface area contributed by atoms with Gasteiger partial charge in [-0.2, -0.15) is 0 Å². The zero-order valence-corrected chi connectivity index (χ0v) is 17.2. The highest BCUT2D eigenvalue weighted by atomic mass is 16.5. The number of carbonyl (C=O) groups excluding carboxylic acids is 2. The van der Waals surface area contributed by atoms with Crippen molar-refractivity contribution in [3.63, 3.8) is 0 Å². The summed E-state index contributed by atoms with van der Waals surface area (Å²) >= 11 is 0. The van der Waals surface area contributed by atoms with Crippen molar-refractivity contribution in [2.24, 2.45) is 0 Å². The molecule has 2 aromatic rings. The number of ether oxygens (including phenoxy) is 3. The predicted molar refractivity (Wildman–Crippen MR) is 112 cm³/mol. The standard InChI is InChI=1S/C23H27NO5/c1-5-17-9-11-18(12-10-17)16(2)24-21(25)15-29-22(26)14-13-19-7-6-8-20(27-3)23(19)28-4/h6-14,16H,5,15H2,1-4H3,(H,24,25)/b14-13+/t16-/m1/s1. The molecule has 0 aromatic heterocycles. The molecule has 0 unspecified atom stereocenters. The summed E-state index contributed by atoms with van der Waals surface area (Å²) in [5, 5.41) is 2.82. The maximum absolute atomic E-state index is 12.1. The van der Waals surface area contributed by atoms with Gasteiger partial charge in [-0.3, -0.25) is 4.79 Å². The lowest BCUT2D eigenvalue weighted by molar-refractivity contribution is -0.144. The van der Waals surface area contributed by atoms with Gasteiger partial charge in [0.1, 0.15) is 0 Å². The molecular weight excluding hydrogens is 370 g/mol. The van der Waals surface area contributed by atoms with Gasteiger partial charge in [0.25, 0.3) is 5.91 Å². The summed E-state index contributed by atoms with van der Waals surface area (Å²) in [6.45, 7) is 3.62. The van der Waals surface area contributed by atoms with E-state index in [1.807, 2.05) is 31.2 Å². The molecule has 1 N–H and O–H groups in total. The fourth-order valence-electron chi connectivity index (χ4n) is 2.79. The van der Waals surface area contributed by atoms with E-state index in [2.05, 4.69) is 12.2 Å². The SMILES string of the molecule is CCc1ccc([C@@H](C)NC(=O)COC(=O)/C=C/c2cccc(OC)c2OC)cc1. The molecule has 0 aliphatic carbocycles. The first-order valence-corrected chi connectivity index (χ1v) is 9.42. The van der Waals surface area contributed by atoms with Crippen LogP contribution in [0.4, 0.5) is 0 Å². The number of hydrogen-bond donors (Lipinski definition) is 1. The van der Waals surface area contributed by atoms with Gasteiger partial charge in [-0.1, -0.05) is 43.3 Å². The molecule has 0 bridgehead atoms. The van der Waals surface area contributed by atoms with Crippen LogP contribution in [0.15, 0.2) is 48.5 Å². The Labute approximate surface area is 171 Å². The summed E-state index contributed by atoms with van der Waals surface area (Å²) in [5.41, 5.74) is 2.89. The molecule has 29 heavy (non-hydrogen) atoms. The van der Waals surface area contributed by atoms with Crippen LogP contribution in [0.25, 0.3) is 6.08 Å². The number of para-hydroxylation sites is 1. The van der Waals surface area contributed by atoms with E-state index >= 15 is 0 Å². The first-order valence-electron chi connectivity index (χ1n) is 9.42. The number of rotatable bonds is 9. The van der Waals surface area contributed by atoms with E-state index in [9.17, 15) is 9.59 Å². The van der Waals surface area contributed by atoms with E-state index in [4.69, 9.17) is 14.2 Å². The minimum atomic E-state index is -0.620. The molecule has 2 aromatic carbocycles. The largest absolute Gasteiger partial charge is 0.493 e. The van der Waals surface area contributed by atoms with E-state index in [1.165, 1.54) is 25.9 Å². The number of hydrogen-bond acceptors (Lipinski definition) is 5. The fourth-order valence-corrected chi connectivity index (χ4v) is 2.79. The Morgan fingerprint density at radius 3 is 2.41 bits per heavy atom. The smallest absolute Gasteiger partial charge is 0.331 e. The lowest BCUT2D eigenvalue weighted by Gasteiger charge is -2.14. The molecular formula is C23H27NO5. The van der Waals surface area contributed by atoms with Crippen LogP contribution < -0.4 is 14.8 Å². The third-order valence-corrected chi connectivity index (χ3v) is 4.44. The van der Waals surface area contributed by atoms with Gasteiger partial charge >= 0.3 is 5.97 Å². The second-order valence-corrected chi connectivity index (χ2v) is 6.41. The van der Waals surface area contributed by atoms with Gasteiger partial charge in [-0.05, 0) is 36.6 Å². The highest BCUT2D eigenvalue weighted by Crippen LogP contribution is 2.31. The van der Waals surface area contributed by atoms with Gasteiger partial charge in [-0.25, -0.2) is 4.79 Å². The molecule has 6 nitrogen and oxygen atoms in total. The molecule has 154 valence electrons. The van der Waals surface area contributed by atoms with Crippen molar-refractivity contribution in [3.05, 3.63) is 65.2 Å². The monoisotopic (exact) mass is 397 g/mol. The third-order valence-electron chi connectivity index (χ3n) is 4.44. The number of carbonyl (C=O) groups is 2. The van der Waals surface area contributed by atoms with Crippen LogP contribution in [-0.2, 0) is 20.7 Å². The minimum absolute atomic E-state index is 0.177. The highest BCUT2D eigenvalue weighted by molar-refractivity contribution is 5.90. The summed E-state index contributed by atoms with van der Waals surface area (Å²) in [7, 11) is 3.06. The third kappa shape index (κ3) is 6.38. The van der Waals surface area contributed by atoms with Crippen LogP contribution >= 0.6 is 0 Å². The minimum Gasteiger partial charge on any atom is -0.493 e. The van der Waals surface area contributed by atoms with Crippen molar-refractivity contribution >= 4 is 18.0 Å².